The van der Waals surface area contributed by atoms with E-state index in [2.05, 4.69) is 5.32 Å². The third-order valence-corrected chi connectivity index (χ3v) is 7.10. The molecule has 2 aromatic rings. The van der Waals surface area contributed by atoms with Crippen molar-refractivity contribution in [1.82, 2.24) is 14.5 Å². The minimum Gasteiger partial charge on any atom is -0.338 e. The van der Waals surface area contributed by atoms with Gasteiger partial charge in [0.05, 0.1) is 10.5 Å². The van der Waals surface area contributed by atoms with Crippen molar-refractivity contribution in [1.29, 1.82) is 0 Å². The van der Waals surface area contributed by atoms with E-state index in [1.165, 1.54) is 39.5 Å². The molecule has 0 bridgehead atoms. The van der Waals surface area contributed by atoms with Crippen molar-refractivity contribution in [2.24, 2.45) is 0 Å². The number of alkyl halides is 3. The van der Waals surface area contributed by atoms with E-state index in [1.807, 2.05) is 0 Å². The van der Waals surface area contributed by atoms with Crippen molar-refractivity contribution < 1.29 is 30.8 Å². The molecule has 1 N–H and O–H groups in total. The van der Waals surface area contributed by atoms with E-state index in [-0.39, 0.29) is 43.1 Å². The Kier molecular flexibility index (Phi) is 7.40. The fourth-order valence-electron chi connectivity index (χ4n) is 3.52. The number of carbonyl (C=O) groups excluding carboxylic acids is 1. The predicted octanol–water partition coefficient (Wildman–Crippen LogP) is 3.49. The number of hydrogen-bond donors (Lipinski definition) is 1. The Hall–Kier alpha value is -2.66. The first-order valence-electron chi connectivity index (χ1n) is 10.0. The zero-order chi connectivity index (χ0) is 23.4. The Morgan fingerprint density at radius 2 is 1.66 bits per heavy atom. The quantitative estimate of drug-likeness (QED) is 0.676. The highest BCUT2D eigenvalue weighted by molar-refractivity contribution is 7.89. The number of amides is 2. The highest BCUT2D eigenvalue weighted by atomic mass is 32.2. The Bertz CT molecular complexity index is 1040. The predicted molar refractivity (Wildman–Crippen MR) is 110 cm³/mol. The van der Waals surface area contributed by atoms with Crippen LogP contribution < -0.4 is 5.32 Å². The van der Waals surface area contributed by atoms with Crippen molar-refractivity contribution in [3.63, 3.8) is 0 Å². The lowest BCUT2D eigenvalue weighted by molar-refractivity contribution is -0.138. The van der Waals surface area contributed by atoms with Crippen LogP contribution in [0.1, 0.15) is 17.5 Å². The summed E-state index contributed by atoms with van der Waals surface area (Å²) in [6, 6.07) is 9.27. The highest BCUT2D eigenvalue weighted by Crippen LogP contribution is 2.31. The lowest BCUT2D eigenvalue weighted by Crippen LogP contribution is -2.43. The lowest BCUT2D eigenvalue weighted by atomic mass is 10.0. The monoisotopic (exact) mass is 473 g/mol. The molecule has 2 aromatic carbocycles. The van der Waals surface area contributed by atoms with E-state index in [0.717, 1.165) is 18.2 Å². The second-order valence-corrected chi connectivity index (χ2v) is 9.27. The van der Waals surface area contributed by atoms with Crippen molar-refractivity contribution in [2.75, 3.05) is 32.7 Å². The molecule has 174 valence electrons. The van der Waals surface area contributed by atoms with Crippen LogP contribution in [0.15, 0.2) is 53.4 Å². The summed E-state index contributed by atoms with van der Waals surface area (Å²) in [5, 5.41) is 2.61. The van der Waals surface area contributed by atoms with Gasteiger partial charge in [0.25, 0.3) is 0 Å². The van der Waals surface area contributed by atoms with Gasteiger partial charge in [-0.2, -0.15) is 17.5 Å². The summed E-state index contributed by atoms with van der Waals surface area (Å²) in [5.41, 5.74) is -0.640. The molecule has 11 heteroatoms. The average Bonchev–Trinajstić information content (AvgIpc) is 3.00. The topological polar surface area (TPSA) is 69.7 Å². The van der Waals surface area contributed by atoms with Gasteiger partial charge in [-0.1, -0.05) is 18.2 Å². The standard InChI is InChI=1S/C21H23F4N3O3S/c22-17-6-8-18(9-7-17)32(30,31)28-13-3-12-27(14-15-28)20(29)26-11-10-16-4-1-2-5-19(16)21(23,24)25/h1-2,4-9H,3,10-15H2,(H,26,29). The summed E-state index contributed by atoms with van der Waals surface area (Å²) >= 11 is 0. The molecule has 2 amide bonds. The summed E-state index contributed by atoms with van der Waals surface area (Å²) < 4.78 is 79.1. The van der Waals surface area contributed by atoms with Gasteiger partial charge >= 0.3 is 12.2 Å². The van der Waals surface area contributed by atoms with Crippen molar-refractivity contribution in [3.05, 3.63) is 65.5 Å². The maximum absolute atomic E-state index is 13.1. The van der Waals surface area contributed by atoms with Crippen LogP contribution in [0, 0.1) is 5.82 Å². The van der Waals surface area contributed by atoms with Gasteiger partial charge in [-0.15, -0.1) is 0 Å². The van der Waals surface area contributed by atoms with Crippen LogP contribution in [0.2, 0.25) is 0 Å². The first-order chi connectivity index (χ1) is 15.1. The zero-order valence-electron chi connectivity index (χ0n) is 17.1. The Labute approximate surface area is 183 Å². The molecule has 0 saturated carbocycles. The van der Waals surface area contributed by atoms with Gasteiger partial charge in [-0.05, 0) is 48.7 Å². The van der Waals surface area contributed by atoms with Crippen LogP contribution in [-0.4, -0.2) is 56.4 Å². The second-order valence-electron chi connectivity index (χ2n) is 7.34. The van der Waals surface area contributed by atoms with Gasteiger partial charge in [0.15, 0.2) is 0 Å². The number of rotatable bonds is 5. The number of sulfonamides is 1. The first kappa shape index (κ1) is 24.0. The molecule has 0 radical (unpaired) electrons. The molecule has 0 unspecified atom stereocenters. The van der Waals surface area contributed by atoms with E-state index >= 15 is 0 Å². The molecule has 0 aromatic heterocycles. The Morgan fingerprint density at radius 3 is 2.34 bits per heavy atom. The van der Waals surface area contributed by atoms with E-state index in [1.54, 1.807) is 0 Å². The first-order valence-corrected chi connectivity index (χ1v) is 11.5. The summed E-state index contributed by atoms with van der Waals surface area (Å²) in [6.07, 6.45) is -4.06. The molecule has 1 aliphatic rings. The van der Waals surface area contributed by atoms with Gasteiger partial charge in [0, 0.05) is 32.7 Å². The SMILES string of the molecule is O=C(NCCc1ccccc1C(F)(F)F)N1CCCN(S(=O)(=O)c2ccc(F)cc2)CC1. The summed E-state index contributed by atoms with van der Waals surface area (Å²) in [6.45, 7) is 0.707. The highest BCUT2D eigenvalue weighted by Gasteiger charge is 2.33. The molecular formula is C21H23F4N3O3S. The fourth-order valence-corrected chi connectivity index (χ4v) is 4.99. The van der Waals surface area contributed by atoms with Crippen molar-refractivity contribution >= 4 is 16.1 Å². The number of benzene rings is 2. The van der Waals surface area contributed by atoms with Crippen molar-refractivity contribution in [2.45, 2.75) is 23.9 Å². The molecule has 0 spiro atoms. The molecule has 0 atom stereocenters. The van der Waals surface area contributed by atoms with Gasteiger partial charge in [-0.3, -0.25) is 0 Å². The number of urea groups is 1. The average molecular weight is 473 g/mol. The summed E-state index contributed by atoms with van der Waals surface area (Å²) in [7, 11) is -3.82. The number of hydrogen-bond acceptors (Lipinski definition) is 3. The maximum atomic E-state index is 13.1. The maximum Gasteiger partial charge on any atom is 0.416 e. The third-order valence-electron chi connectivity index (χ3n) is 5.19. The van der Waals surface area contributed by atoms with Gasteiger partial charge in [0.1, 0.15) is 5.82 Å². The van der Waals surface area contributed by atoms with Crippen molar-refractivity contribution in [3.8, 4) is 0 Å². The van der Waals surface area contributed by atoms with E-state index in [9.17, 15) is 30.8 Å². The summed E-state index contributed by atoms with van der Waals surface area (Å²) in [5.74, 6) is -0.541. The van der Waals surface area contributed by atoms with Crippen LogP contribution >= 0.6 is 0 Å². The molecule has 1 aliphatic heterocycles. The number of nitrogens with one attached hydrogen (secondary N) is 1. The van der Waals surface area contributed by atoms with E-state index in [0.29, 0.717) is 13.0 Å². The molecule has 1 fully saturated rings. The molecule has 1 heterocycles. The number of nitrogens with zero attached hydrogens (tertiary/aromatic N) is 2. The summed E-state index contributed by atoms with van der Waals surface area (Å²) in [4.78, 5) is 13.9. The molecule has 32 heavy (non-hydrogen) atoms. The van der Waals surface area contributed by atoms with E-state index in [4.69, 9.17) is 0 Å². The minimum atomic E-state index is -4.47. The zero-order valence-corrected chi connectivity index (χ0v) is 17.9. The molecule has 6 nitrogen and oxygen atoms in total. The van der Waals surface area contributed by atoms with Gasteiger partial charge < -0.3 is 10.2 Å². The normalized spacial score (nSPS) is 15.9. The number of carbonyl (C=O) groups is 1. The minimum absolute atomic E-state index is 0.0139. The fraction of sp³-hybridized carbons (Fsp3) is 0.381. The van der Waals surface area contributed by atoms with Crippen LogP contribution in [-0.2, 0) is 22.6 Å². The Morgan fingerprint density at radius 1 is 0.969 bits per heavy atom. The smallest absolute Gasteiger partial charge is 0.338 e. The van der Waals surface area contributed by atoms with Crippen LogP contribution in [0.3, 0.4) is 0 Å². The molecule has 3 rings (SSSR count). The molecule has 1 saturated heterocycles. The van der Waals surface area contributed by atoms with Gasteiger partial charge in [-0.25, -0.2) is 17.6 Å². The lowest BCUT2D eigenvalue weighted by Gasteiger charge is -2.22. The van der Waals surface area contributed by atoms with E-state index < -0.39 is 33.6 Å². The third kappa shape index (κ3) is 5.77. The molecule has 0 aliphatic carbocycles. The van der Waals surface area contributed by atoms with Crippen LogP contribution in [0.5, 0.6) is 0 Å². The van der Waals surface area contributed by atoms with Crippen LogP contribution in [0.25, 0.3) is 0 Å². The van der Waals surface area contributed by atoms with Crippen LogP contribution in [0.4, 0.5) is 22.4 Å². The second kappa shape index (κ2) is 9.86. The molecular weight excluding hydrogens is 450 g/mol. The number of halogens is 4. The largest absolute Gasteiger partial charge is 0.416 e. The van der Waals surface area contributed by atoms with Gasteiger partial charge in [0.2, 0.25) is 10.0 Å². The Balaban J connectivity index is 1.56.